The molecular weight excluding hydrogens is 379 g/mol. The van der Waals surface area contributed by atoms with Gasteiger partial charge in [0.2, 0.25) is 6.79 Å². The molecule has 1 heterocycles. The number of ether oxygens (including phenoxy) is 2. The predicted octanol–water partition coefficient (Wildman–Crippen LogP) is 3.78. The van der Waals surface area contributed by atoms with Crippen LogP contribution in [0.3, 0.4) is 0 Å². The van der Waals surface area contributed by atoms with Crippen LogP contribution in [-0.4, -0.2) is 25.0 Å². The zero-order valence-corrected chi connectivity index (χ0v) is 15.4. The molecule has 1 N–H and O–H groups in total. The number of benzene rings is 2. The Morgan fingerprint density at radius 2 is 2.00 bits per heavy atom. The Kier molecular flexibility index (Phi) is 5.85. The van der Waals surface area contributed by atoms with Crippen LogP contribution < -0.4 is 14.8 Å². The minimum absolute atomic E-state index is 0.201. The summed E-state index contributed by atoms with van der Waals surface area (Å²) in [4.78, 5) is 17.0. The van der Waals surface area contributed by atoms with Crippen molar-refractivity contribution < 1.29 is 19.1 Å². The molecule has 26 heavy (non-hydrogen) atoms. The summed E-state index contributed by atoms with van der Waals surface area (Å²) >= 11 is 11.9. The number of oxime groups is 1. The Hall–Kier alpha value is -2.44. The van der Waals surface area contributed by atoms with E-state index in [-0.39, 0.29) is 25.9 Å². The largest absolute Gasteiger partial charge is 0.454 e. The average molecular weight is 395 g/mol. The molecule has 0 saturated heterocycles. The smallest absolute Gasteiger partial charge is 0.261 e. The highest BCUT2D eigenvalue weighted by atomic mass is 35.5. The lowest BCUT2D eigenvalue weighted by molar-refractivity contribution is -0.125. The zero-order valence-electron chi connectivity index (χ0n) is 13.9. The van der Waals surface area contributed by atoms with Gasteiger partial charge in [0.15, 0.2) is 18.1 Å². The Morgan fingerprint density at radius 3 is 2.81 bits per heavy atom. The van der Waals surface area contributed by atoms with Gasteiger partial charge in [-0.2, -0.15) is 0 Å². The van der Waals surface area contributed by atoms with Gasteiger partial charge in [0.25, 0.3) is 5.91 Å². The molecule has 1 amide bonds. The van der Waals surface area contributed by atoms with Crippen LogP contribution in [0.4, 0.5) is 0 Å². The molecule has 136 valence electrons. The van der Waals surface area contributed by atoms with Gasteiger partial charge in [-0.1, -0.05) is 34.4 Å². The van der Waals surface area contributed by atoms with Gasteiger partial charge < -0.3 is 19.6 Å². The molecular formula is C18H16Cl2N2O4. The number of carbonyl (C=O) groups excluding carboxylic acids is 1. The quantitative estimate of drug-likeness (QED) is 0.597. The van der Waals surface area contributed by atoms with E-state index in [1.807, 2.05) is 12.1 Å². The van der Waals surface area contributed by atoms with Crippen LogP contribution in [0.15, 0.2) is 41.6 Å². The van der Waals surface area contributed by atoms with Gasteiger partial charge in [0.05, 0.1) is 5.71 Å². The lowest BCUT2D eigenvalue weighted by Crippen LogP contribution is -2.26. The van der Waals surface area contributed by atoms with Crippen molar-refractivity contribution in [3.63, 3.8) is 0 Å². The molecule has 0 fully saturated rings. The van der Waals surface area contributed by atoms with Crippen molar-refractivity contribution in [3.05, 3.63) is 57.6 Å². The number of carbonyl (C=O) groups is 1. The van der Waals surface area contributed by atoms with Crippen molar-refractivity contribution in [1.82, 2.24) is 5.32 Å². The standard InChI is InChI=1S/C18H16Cl2N2O4/c1-11(12-3-5-16-17(6-12)25-10-24-16)22-26-9-18(23)21-8-13-2-4-14(19)7-15(13)20/h2-7H,8-10H2,1H3,(H,21,23)/b22-11+. The van der Waals surface area contributed by atoms with E-state index in [2.05, 4.69) is 10.5 Å². The van der Waals surface area contributed by atoms with Gasteiger partial charge in [-0.3, -0.25) is 4.79 Å². The normalized spacial score (nSPS) is 12.8. The summed E-state index contributed by atoms with van der Waals surface area (Å²) < 4.78 is 10.6. The molecule has 0 atom stereocenters. The third-order valence-electron chi connectivity index (χ3n) is 3.68. The number of fused-ring (bicyclic) bond motifs is 1. The van der Waals surface area contributed by atoms with Crippen molar-refractivity contribution in [2.24, 2.45) is 5.16 Å². The Balaban J connectivity index is 1.49. The predicted molar refractivity (Wildman–Crippen MR) is 99.0 cm³/mol. The van der Waals surface area contributed by atoms with Crippen LogP contribution in [0.2, 0.25) is 10.0 Å². The second kappa shape index (κ2) is 8.29. The van der Waals surface area contributed by atoms with E-state index in [0.717, 1.165) is 11.1 Å². The first-order valence-electron chi connectivity index (χ1n) is 7.80. The third kappa shape index (κ3) is 4.59. The third-order valence-corrected chi connectivity index (χ3v) is 4.27. The average Bonchev–Trinajstić information content (AvgIpc) is 3.08. The molecule has 0 radical (unpaired) electrons. The highest BCUT2D eigenvalue weighted by molar-refractivity contribution is 6.35. The van der Waals surface area contributed by atoms with Crippen LogP contribution in [0.25, 0.3) is 0 Å². The monoisotopic (exact) mass is 394 g/mol. The molecule has 0 aliphatic carbocycles. The highest BCUT2D eigenvalue weighted by Crippen LogP contribution is 2.32. The maximum absolute atomic E-state index is 11.9. The number of hydrogen-bond acceptors (Lipinski definition) is 5. The molecule has 1 aliphatic heterocycles. The summed E-state index contributed by atoms with van der Waals surface area (Å²) in [5.74, 6) is 1.05. The van der Waals surface area contributed by atoms with Crippen LogP contribution in [-0.2, 0) is 16.2 Å². The molecule has 0 spiro atoms. The number of amides is 1. The number of rotatable bonds is 6. The molecule has 2 aromatic carbocycles. The fourth-order valence-electron chi connectivity index (χ4n) is 2.27. The second-order valence-electron chi connectivity index (χ2n) is 5.53. The summed E-state index contributed by atoms with van der Waals surface area (Å²) in [7, 11) is 0. The van der Waals surface area contributed by atoms with E-state index in [1.165, 1.54) is 0 Å². The Labute approximate surface area is 160 Å². The maximum Gasteiger partial charge on any atom is 0.261 e. The molecule has 6 nitrogen and oxygen atoms in total. The van der Waals surface area contributed by atoms with Crippen molar-refractivity contribution in [1.29, 1.82) is 0 Å². The van der Waals surface area contributed by atoms with Crippen LogP contribution >= 0.6 is 23.2 Å². The SMILES string of the molecule is C/C(=N\OCC(=O)NCc1ccc(Cl)cc1Cl)c1ccc2c(c1)OCO2. The number of halogens is 2. The van der Waals surface area contributed by atoms with Crippen LogP contribution in [0, 0.1) is 0 Å². The van der Waals surface area contributed by atoms with Gasteiger partial charge in [-0.15, -0.1) is 0 Å². The second-order valence-corrected chi connectivity index (χ2v) is 6.37. The van der Waals surface area contributed by atoms with Crippen LogP contribution in [0.5, 0.6) is 11.5 Å². The molecule has 0 bridgehead atoms. The van der Waals surface area contributed by atoms with Gasteiger partial charge in [0.1, 0.15) is 0 Å². The fourth-order valence-corrected chi connectivity index (χ4v) is 2.75. The van der Waals surface area contributed by atoms with Crippen molar-refractivity contribution >= 4 is 34.8 Å². The van der Waals surface area contributed by atoms with E-state index in [0.29, 0.717) is 27.3 Å². The van der Waals surface area contributed by atoms with E-state index in [9.17, 15) is 4.79 Å². The minimum atomic E-state index is -0.307. The molecule has 0 saturated carbocycles. The topological polar surface area (TPSA) is 69.2 Å². The van der Waals surface area contributed by atoms with E-state index >= 15 is 0 Å². The number of nitrogens with one attached hydrogen (secondary N) is 1. The first kappa shape index (κ1) is 18.4. The fraction of sp³-hybridized carbons (Fsp3) is 0.222. The van der Waals surface area contributed by atoms with Crippen molar-refractivity contribution in [2.75, 3.05) is 13.4 Å². The molecule has 1 aliphatic rings. The summed E-state index contributed by atoms with van der Waals surface area (Å²) in [5, 5.41) is 7.71. The van der Waals surface area contributed by atoms with E-state index < -0.39 is 0 Å². The van der Waals surface area contributed by atoms with Crippen LogP contribution in [0.1, 0.15) is 18.1 Å². The molecule has 8 heteroatoms. The minimum Gasteiger partial charge on any atom is -0.454 e. The zero-order chi connectivity index (χ0) is 18.5. The van der Waals surface area contributed by atoms with Crippen molar-refractivity contribution in [3.8, 4) is 11.5 Å². The first-order valence-corrected chi connectivity index (χ1v) is 8.56. The lowest BCUT2D eigenvalue weighted by Gasteiger charge is -2.07. The van der Waals surface area contributed by atoms with E-state index in [4.69, 9.17) is 37.5 Å². The molecule has 3 rings (SSSR count). The van der Waals surface area contributed by atoms with E-state index in [1.54, 1.807) is 31.2 Å². The van der Waals surface area contributed by atoms with Crippen molar-refractivity contribution in [2.45, 2.75) is 13.5 Å². The van der Waals surface area contributed by atoms with Gasteiger partial charge in [-0.05, 0) is 42.8 Å². The lowest BCUT2D eigenvalue weighted by atomic mass is 10.1. The summed E-state index contributed by atoms with van der Waals surface area (Å²) in [6, 6.07) is 10.6. The number of hydrogen-bond donors (Lipinski definition) is 1. The van der Waals surface area contributed by atoms with Gasteiger partial charge in [-0.25, -0.2) is 0 Å². The summed E-state index contributed by atoms with van der Waals surface area (Å²) in [5.41, 5.74) is 2.21. The van der Waals surface area contributed by atoms with Gasteiger partial charge in [0, 0.05) is 22.2 Å². The summed E-state index contributed by atoms with van der Waals surface area (Å²) in [6.45, 7) is 2.07. The number of nitrogens with zero attached hydrogens (tertiary/aromatic N) is 1. The Morgan fingerprint density at radius 1 is 1.19 bits per heavy atom. The molecule has 0 aromatic heterocycles. The maximum atomic E-state index is 11.9. The Bertz CT molecular complexity index is 855. The molecule has 0 unspecified atom stereocenters. The van der Waals surface area contributed by atoms with Gasteiger partial charge >= 0.3 is 0 Å². The molecule has 2 aromatic rings. The highest BCUT2D eigenvalue weighted by Gasteiger charge is 2.14. The summed E-state index contributed by atoms with van der Waals surface area (Å²) in [6.07, 6.45) is 0. The first-order chi connectivity index (χ1) is 12.5.